The highest BCUT2D eigenvalue weighted by Crippen LogP contribution is 2.18. The first-order valence-electron chi connectivity index (χ1n) is 12.1. The molecule has 4 aromatic rings. The van der Waals surface area contributed by atoms with Crippen molar-refractivity contribution in [1.82, 2.24) is 19.7 Å². The molecule has 0 saturated carbocycles. The van der Waals surface area contributed by atoms with Gasteiger partial charge in [0.15, 0.2) is 0 Å². The Labute approximate surface area is 218 Å². The van der Waals surface area contributed by atoms with Crippen LogP contribution in [0.4, 0.5) is 10.9 Å². The van der Waals surface area contributed by atoms with Gasteiger partial charge in [-0.25, -0.2) is 4.79 Å². The number of hydrogen-bond donors (Lipinski definition) is 2. The summed E-state index contributed by atoms with van der Waals surface area (Å²) in [6.45, 7) is 0.543. The number of benzene rings is 2. The van der Waals surface area contributed by atoms with Crippen LogP contribution in [0, 0.1) is 0 Å². The third-order valence-corrected chi connectivity index (χ3v) is 6.46. The predicted octanol–water partition coefficient (Wildman–Crippen LogP) is 3.87. The zero-order valence-electron chi connectivity index (χ0n) is 20.3. The minimum atomic E-state index is -0.391. The van der Waals surface area contributed by atoms with E-state index in [2.05, 4.69) is 25.8 Å². The minimum Gasteiger partial charge on any atom is -0.310 e. The lowest BCUT2D eigenvalue weighted by atomic mass is 10.1. The second-order valence-corrected chi connectivity index (χ2v) is 9.58. The molecule has 0 aliphatic heterocycles. The summed E-state index contributed by atoms with van der Waals surface area (Å²) in [4.78, 5) is 40.7. The van der Waals surface area contributed by atoms with E-state index in [4.69, 9.17) is 0 Å². The predicted molar refractivity (Wildman–Crippen MR) is 144 cm³/mol. The van der Waals surface area contributed by atoms with E-state index < -0.39 is 5.69 Å². The normalized spacial score (nSPS) is 10.7. The van der Waals surface area contributed by atoms with Gasteiger partial charge in [-0.15, -0.1) is 10.2 Å². The van der Waals surface area contributed by atoms with Gasteiger partial charge < -0.3 is 10.6 Å². The first kappa shape index (κ1) is 25.9. The van der Waals surface area contributed by atoms with E-state index in [-0.39, 0.29) is 24.1 Å². The van der Waals surface area contributed by atoms with E-state index in [9.17, 15) is 14.4 Å². The summed E-state index contributed by atoms with van der Waals surface area (Å²) in [6.07, 6.45) is 5.53. The molecule has 2 aromatic carbocycles. The van der Waals surface area contributed by atoms with Gasteiger partial charge in [0, 0.05) is 19.2 Å². The van der Waals surface area contributed by atoms with E-state index >= 15 is 0 Å². The fourth-order valence-corrected chi connectivity index (χ4v) is 4.52. The molecule has 0 radical (unpaired) electrons. The molecule has 4 rings (SSSR count). The van der Waals surface area contributed by atoms with Crippen molar-refractivity contribution >= 4 is 34.1 Å². The summed E-state index contributed by atoms with van der Waals surface area (Å²) >= 11 is 1.38. The van der Waals surface area contributed by atoms with Gasteiger partial charge >= 0.3 is 5.69 Å². The molecule has 0 saturated heterocycles. The summed E-state index contributed by atoms with van der Waals surface area (Å²) in [5.41, 5.74) is 1.45. The van der Waals surface area contributed by atoms with Gasteiger partial charge in [0.05, 0.1) is 12.8 Å². The van der Waals surface area contributed by atoms with Crippen molar-refractivity contribution < 1.29 is 9.59 Å². The number of aromatic nitrogens is 4. The second-order valence-electron chi connectivity index (χ2n) is 8.52. The highest BCUT2D eigenvalue weighted by Gasteiger charge is 2.10. The average molecular weight is 517 g/mol. The third-order valence-electron chi connectivity index (χ3n) is 5.56. The Bertz CT molecular complexity index is 1370. The van der Waals surface area contributed by atoms with Crippen molar-refractivity contribution in [2.45, 2.75) is 45.1 Å². The Balaban J connectivity index is 1.15. The van der Waals surface area contributed by atoms with Crippen LogP contribution < -0.4 is 16.3 Å². The molecule has 0 aliphatic carbocycles. The Morgan fingerprint density at radius 3 is 2.08 bits per heavy atom. The molecule has 0 aliphatic rings. The number of hydrogen-bond acceptors (Lipinski definition) is 7. The summed E-state index contributed by atoms with van der Waals surface area (Å²) in [6, 6.07) is 20.6. The largest absolute Gasteiger partial charge is 0.349 e. The zero-order valence-corrected chi connectivity index (χ0v) is 21.1. The van der Waals surface area contributed by atoms with Gasteiger partial charge in [0.2, 0.25) is 16.9 Å². The molecule has 0 unspecified atom stereocenters. The van der Waals surface area contributed by atoms with Crippen molar-refractivity contribution in [3.63, 3.8) is 0 Å². The number of carbonyl (C=O) groups is 2. The van der Waals surface area contributed by atoms with Crippen LogP contribution in [0.25, 0.3) is 0 Å². The number of nitrogens with zero attached hydrogens (tertiary/aromatic N) is 4. The van der Waals surface area contributed by atoms with Gasteiger partial charge in [-0.2, -0.15) is 4.98 Å². The SMILES string of the molecule is O=C(Cc1ccccc1)Nc1ccn(CCCCCc2nnc(NC(=O)Cc3ccccc3)s2)c(=O)n1. The van der Waals surface area contributed by atoms with Crippen LogP contribution in [0.15, 0.2) is 77.7 Å². The number of aryl methyl sites for hydroxylation is 2. The second kappa shape index (κ2) is 13.2. The van der Waals surface area contributed by atoms with E-state index in [1.165, 1.54) is 15.9 Å². The van der Waals surface area contributed by atoms with Gasteiger partial charge in [-0.3, -0.25) is 14.2 Å². The van der Waals surface area contributed by atoms with Crippen LogP contribution in [0.3, 0.4) is 0 Å². The summed E-state index contributed by atoms with van der Waals surface area (Å²) < 4.78 is 1.54. The quantitative estimate of drug-likeness (QED) is 0.276. The summed E-state index contributed by atoms with van der Waals surface area (Å²) in [5.74, 6) is -0.0775. The number of anilines is 2. The molecule has 0 spiro atoms. The number of unbranched alkanes of at least 4 members (excludes halogenated alkanes) is 2. The van der Waals surface area contributed by atoms with Crippen LogP contribution >= 0.6 is 11.3 Å². The van der Waals surface area contributed by atoms with E-state index in [1.54, 1.807) is 12.3 Å². The van der Waals surface area contributed by atoms with E-state index in [0.29, 0.717) is 18.1 Å². The topological polar surface area (TPSA) is 119 Å². The van der Waals surface area contributed by atoms with Crippen molar-refractivity contribution in [2.24, 2.45) is 0 Å². The smallest absolute Gasteiger partial charge is 0.310 e. The van der Waals surface area contributed by atoms with Crippen LogP contribution in [0.2, 0.25) is 0 Å². The van der Waals surface area contributed by atoms with Gasteiger partial charge in [-0.1, -0.05) is 78.4 Å². The Kier molecular flexibility index (Phi) is 9.25. The van der Waals surface area contributed by atoms with E-state index in [1.807, 2.05) is 60.7 Å². The van der Waals surface area contributed by atoms with Crippen LogP contribution in [0.1, 0.15) is 35.4 Å². The maximum absolute atomic E-state index is 12.3. The van der Waals surface area contributed by atoms with Crippen molar-refractivity contribution in [3.8, 4) is 0 Å². The lowest BCUT2D eigenvalue weighted by molar-refractivity contribution is -0.116. The average Bonchev–Trinajstić information content (AvgIpc) is 3.33. The van der Waals surface area contributed by atoms with Gasteiger partial charge in [-0.05, 0) is 30.0 Å². The lowest BCUT2D eigenvalue weighted by Crippen LogP contribution is -2.25. The maximum Gasteiger partial charge on any atom is 0.349 e. The van der Waals surface area contributed by atoms with Crippen LogP contribution in [-0.2, 0) is 35.4 Å². The standard InChI is InChI=1S/C27H28N6O3S/c34-23(18-20-10-4-1-5-11-20)28-22-15-17-33(27(36)29-22)16-9-3-8-14-25-31-32-26(37-25)30-24(35)19-21-12-6-2-7-13-21/h1-2,4-7,10-13,15,17H,3,8-9,14,16,18-19H2,(H,30,32,35)(H,28,29,34,36). The molecule has 0 atom stereocenters. The summed E-state index contributed by atoms with van der Waals surface area (Å²) in [5, 5.41) is 15.1. The zero-order chi connectivity index (χ0) is 25.9. The Morgan fingerprint density at radius 1 is 0.784 bits per heavy atom. The Morgan fingerprint density at radius 2 is 1.43 bits per heavy atom. The highest BCUT2D eigenvalue weighted by atomic mass is 32.1. The monoisotopic (exact) mass is 516 g/mol. The van der Waals surface area contributed by atoms with Crippen molar-refractivity contribution in [3.05, 3.63) is 99.5 Å². The molecule has 10 heteroatoms. The molecule has 2 N–H and O–H groups in total. The highest BCUT2D eigenvalue weighted by molar-refractivity contribution is 7.15. The molecular weight excluding hydrogens is 488 g/mol. The van der Waals surface area contributed by atoms with Gasteiger partial charge in [0.25, 0.3) is 0 Å². The van der Waals surface area contributed by atoms with Gasteiger partial charge in [0.1, 0.15) is 10.8 Å². The minimum absolute atomic E-state index is 0.116. The van der Waals surface area contributed by atoms with Crippen molar-refractivity contribution in [2.75, 3.05) is 10.6 Å². The fourth-order valence-electron chi connectivity index (χ4n) is 3.72. The number of amides is 2. The maximum atomic E-state index is 12.3. The van der Waals surface area contributed by atoms with Crippen LogP contribution in [0.5, 0.6) is 0 Å². The summed E-state index contributed by atoms with van der Waals surface area (Å²) in [7, 11) is 0. The molecule has 9 nitrogen and oxygen atoms in total. The number of nitrogens with one attached hydrogen (secondary N) is 2. The fraction of sp³-hybridized carbons (Fsp3) is 0.259. The first-order chi connectivity index (χ1) is 18.0. The molecule has 2 aromatic heterocycles. The molecule has 0 fully saturated rings. The van der Waals surface area contributed by atoms with Crippen LogP contribution in [-0.4, -0.2) is 31.6 Å². The molecule has 2 heterocycles. The molecular formula is C27H28N6O3S. The van der Waals surface area contributed by atoms with Crippen molar-refractivity contribution in [1.29, 1.82) is 0 Å². The third kappa shape index (κ3) is 8.46. The Hall–Kier alpha value is -4.18. The number of carbonyl (C=O) groups excluding carboxylic acids is 2. The molecule has 37 heavy (non-hydrogen) atoms. The molecule has 190 valence electrons. The molecule has 2 amide bonds. The van der Waals surface area contributed by atoms with E-state index in [0.717, 1.165) is 41.8 Å². The molecule has 0 bridgehead atoms. The first-order valence-corrected chi connectivity index (χ1v) is 12.9. The number of rotatable bonds is 12. The lowest BCUT2D eigenvalue weighted by Gasteiger charge is -2.07.